The van der Waals surface area contributed by atoms with Crippen molar-refractivity contribution in [3.05, 3.63) is 107 Å². The zero-order valence-corrected chi connectivity index (χ0v) is 13.8. The minimum Gasteiger partial charge on any atom is -0.197 e. The summed E-state index contributed by atoms with van der Waals surface area (Å²) in [5.41, 5.74) is 5.88. The average molecular weight is 311 g/mol. The summed E-state index contributed by atoms with van der Waals surface area (Å²) < 4.78 is 0. The molecule has 2 aromatic carbocycles. The van der Waals surface area contributed by atoms with Crippen LogP contribution in [0.25, 0.3) is 0 Å². The molecule has 1 aliphatic carbocycles. The van der Waals surface area contributed by atoms with Crippen molar-refractivity contribution in [2.75, 3.05) is 0 Å². The molecule has 1 aliphatic rings. The van der Waals surface area contributed by atoms with Crippen LogP contribution in [-0.2, 0) is 6.42 Å². The van der Waals surface area contributed by atoms with Gasteiger partial charge in [-0.3, -0.25) is 0 Å². The van der Waals surface area contributed by atoms with Gasteiger partial charge in [-0.15, -0.1) is 0 Å². The topological polar surface area (TPSA) is 23.8 Å². The lowest BCUT2D eigenvalue weighted by molar-refractivity contribution is 0.899. The molecule has 118 valence electrons. The van der Waals surface area contributed by atoms with Crippen molar-refractivity contribution in [2.45, 2.75) is 25.2 Å². The number of benzene rings is 2. The van der Waals surface area contributed by atoms with E-state index in [1.54, 1.807) is 0 Å². The van der Waals surface area contributed by atoms with Gasteiger partial charge in [-0.2, -0.15) is 5.26 Å². The van der Waals surface area contributed by atoms with E-state index in [0.717, 1.165) is 36.0 Å². The van der Waals surface area contributed by atoms with Gasteiger partial charge in [0.2, 0.25) is 0 Å². The average Bonchev–Trinajstić information content (AvgIpc) is 2.63. The van der Waals surface area contributed by atoms with Gasteiger partial charge in [0, 0.05) is 0 Å². The zero-order chi connectivity index (χ0) is 16.8. The van der Waals surface area contributed by atoms with Crippen LogP contribution in [0.4, 0.5) is 0 Å². The van der Waals surface area contributed by atoms with Crippen LogP contribution in [0.3, 0.4) is 0 Å². The Hall–Kier alpha value is -2.85. The van der Waals surface area contributed by atoms with E-state index in [1.165, 1.54) is 11.1 Å². The molecule has 2 aromatic rings. The van der Waals surface area contributed by atoms with Crippen LogP contribution in [0.2, 0.25) is 0 Å². The second kappa shape index (κ2) is 7.62. The second-order valence-corrected chi connectivity index (χ2v) is 6.14. The van der Waals surface area contributed by atoms with Gasteiger partial charge in [-0.05, 0) is 47.1 Å². The molecular formula is C23H21N. The Kier molecular flexibility index (Phi) is 5.08. The van der Waals surface area contributed by atoms with E-state index in [0.29, 0.717) is 0 Å². The molecule has 3 rings (SSSR count). The maximum Gasteiger partial charge on any atom is 0.0929 e. The van der Waals surface area contributed by atoms with E-state index >= 15 is 0 Å². The summed E-state index contributed by atoms with van der Waals surface area (Å²) in [5.74, 6) is -0.185. The minimum atomic E-state index is -0.185. The summed E-state index contributed by atoms with van der Waals surface area (Å²) in [6, 6.07) is 23.0. The zero-order valence-electron chi connectivity index (χ0n) is 13.8. The monoisotopic (exact) mass is 311 g/mol. The minimum absolute atomic E-state index is 0.185. The number of aryl methyl sites for hydroxylation is 1. The van der Waals surface area contributed by atoms with E-state index in [1.807, 2.05) is 36.4 Å². The van der Waals surface area contributed by atoms with Crippen LogP contribution in [-0.4, -0.2) is 0 Å². The fraction of sp³-hybridized carbons (Fsp3) is 0.174. The third-order valence-electron chi connectivity index (χ3n) is 4.51. The van der Waals surface area contributed by atoms with Crippen molar-refractivity contribution in [3.8, 4) is 6.07 Å². The Labute approximate surface area is 144 Å². The third kappa shape index (κ3) is 3.73. The molecule has 0 aromatic heterocycles. The van der Waals surface area contributed by atoms with Gasteiger partial charge in [0.05, 0.1) is 12.0 Å². The molecule has 0 radical (unpaired) electrons. The molecule has 0 aliphatic heterocycles. The maximum atomic E-state index is 9.59. The Bertz CT molecular complexity index is 804. The lowest BCUT2D eigenvalue weighted by Crippen LogP contribution is -2.05. The number of hydrogen-bond donors (Lipinski definition) is 0. The van der Waals surface area contributed by atoms with Crippen molar-refractivity contribution in [1.82, 2.24) is 0 Å². The molecule has 0 saturated carbocycles. The van der Waals surface area contributed by atoms with Gasteiger partial charge in [-0.25, -0.2) is 0 Å². The van der Waals surface area contributed by atoms with Crippen LogP contribution < -0.4 is 0 Å². The predicted molar refractivity (Wildman–Crippen MR) is 99.5 cm³/mol. The van der Waals surface area contributed by atoms with Gasteiger partial charge >= 0.3 is 0 Å². The quantitative estimate of drug-likeness (QED) is 0.690. The highest BCUT2D eigenvalue weighted by atomic mass is 14.3. The highest BCUT2D eigenvalue weighted by Gasteiger charge is 2.19. The normalized spacial score (nSPS) is 15.2. The maximum absolute atomic E-state index is 9.59. The fourth-order valence-electron chi connectivity index (χ4n) is 3.15. The van der Waals surface area contributed by atoms with Crippen molar-refractivity contribution >= 4 is 0 Å². The Morgan fingerprint density at radius 3 is 2.25 bits per heavy atom. The highest BCUT2D eigenvalue weighted by molar-refractivity contribution is 5.49. The summed E-state index contributed by atoms with van der Waals surface area (Å²) in [7, 11) is 0. The SMILES string of the molecule is C=C1C=C(C(C#N)c2ccccc2)CC=C1CCc1ccccc1. The molecular weight excluding hydrogens is 290 g/mol. The summed E-state index contributed by atoms with van der Waals surface area (Å²) in [4.78, 5) is 0. The predicted octanol–water partition coefficient (Wildman–Crippen LogP) is 5.74. The van der Waals surface area contributed by atoms with Crippen molar-refractivity contribution in [2.24, 2.45) is 0 Å². The van der Waals surface area contributed by atoms with Crippen LogP contribution in [0.5, 0.6) is 0 Å². The highest BCUT2D eigenvalue weighted by Crippen LogP contribution is 2.33. The summed E-state index contributed by atoms with van der Waals surface area (Å²) in [5, 5.41) is 9.59. The van der Waals surface area contributed by atoms with E-state index in [-0.39, 0.29) is 5.92 Å². The second-order valence-electron chi connectivity index (χ2n) is 6.14. The lowest BCUT2D eigenvalue weighted by Gasteiger charge is -2.20. The molecule has 0 saturated heterocycles. The Morgan fingerprint density at radius 2 is 1.62 bits per heavy atom. The largest absolute Gasteiger partial charge is 0.197 e. The van der Waals surface area contributed by atoms with E-state index < -0.39 is 0 Å². The van der Waals surface area contributed by atoms with Gasteiger partial charge in [0.15, 0.2) is 0 Å². The Morgan fingerprint density at radius 1 is 0.958 bits per heavy atom. The van der Waals surface area contributed by atoms with Crippen LogP contribution in [0, 0.1) is 11.3 Å². The van der Waals surface area contributed by atoms with Crippen LogP contribution >= 0.6 is 0 Å². The van der Waals surface area contributed by atoms with E-state index in [2.05, 4.69) is 49.1 Å². The molecule has 1 heteroatoms. The van der Waals surface area contributed by atoms with Crippen molar-refractivity contribution in [1.29, 1.82) is 5.26 Å². The number of nitrogens with zero attached hydrogens (tertiary/aromatic N) is 1. The molecule has 1 unspecified atom stereocenters. The van der Waals surface area contributed by atoms with Gasteiger partial charge < -0.3 is 0 Å². The molecule has 24 heavy (non-hydrogen) atoms. The molecule has 0 spiro atoms. The molecule has 0 bridgehead atoms. The Balaban J connectivity index is 1.68. The fourth-order valence-corrected chi connectivity index (χ4v) is 3.15. The standard InChI is InChI=1S/C23H21N/c1-18-16-22(23(17-24)21-10-6-3-7-11-21)15-14-20(18)13-12-19-8-4-2-5-9-19/h2-11,14,16,23H,1,12-13,15H2. The molecule has 0 amide bonds. The summed E-state index contributed by atoms with van der Waals surface area (Å²) in [6.45, 7) is 4.21. The molecule has 1 atom stereocenters. The van der Waals surface area contributed by atoms with E-state index in [9.17, 15) is 5.26 Å². The van der Waals surface area contributed by atoms with Gasteiger partial charge in [-0.1, -0.05) is 79.4 Å². The van der Waals surface area contributed by atoms with Crippen LogP contribution in [0.15, 0.2) is 96.1 Å². The first-order valence-electron chi connectivity index (χ1n) is 8.35. The molecule has 0 heterocycles. The smallest absolute Gasteiger partial charge is 0.0929 e. The first-order chi connectivity index (χ1) is 11.8. The number of rotatable bonds is 5. The van der Waals surface area contributed by atoms with Crippen molar-refractivity contribution in [3.63, 3.8) is 0 Å². The molecule has 1 nitrogen and oxygen atoms in total. The molecule has 0 fully saturated rings. The number of allylic oxidation sites excluding steroid dienone is 5. The van der Waals surface area contributed by atoms with Crippen molar-refractivity contribution < 1.29 is 0 Å². The van der Waals surface area contributed by atoms with Crippen LogP contribution in [0.1, 0.15) is 29.9 Å². The molecule has 0 N–H and O–H groups in total. The number of hydrogen-bond acceptors (Lipinski definition) is 1. The first kappa shape index (κ1) is 16.0. The van der Waals surface area contributed by atoms with Gasteiger partial charge in [0.1, 0.15) is 0 Å². The lowest BCUT2D eigenvalue weighted by atomic mass is 9.83. The third-order valence-corrected chi connectivity index (χ3v) is 4.51. The van der Waals surface area contributed by atoms with E-state index in [4.69, 9.17) is 0 Å². The summed E-state index contributed by atoms with van der Waals surface area (Å²) in [6.07, 6.45) is 7.20. The number of nitriles is 1. The van der Waals surface area contributed by atoms with Gasteiger partial charge in [0.25, 0.3) is 0 Å². The summed E-state index contributed by atoms with van der Waals surface area (Å²) >= 11 is 0. The first-order valence-corrected chi connectivity index (χ1v) is 8.35.